The maximum Gasteiger partial charge on any atom is -0.0630 e. The second kappa shape index (κ2) is 12.8. The van der Waals surface area contributed by atoms with E-state index < -0.39 is 0 Å². The van der Waals surface area contributed by atoms with Gasteiger partial charge in [0, 0.05) is 0 Å². The summed E-state index contributed by atoms with van der Waals surface area (Å²) < 4.78 is 0. The van der Waals surface area contributed by atoms with Crippen LogP contribution in [0.4, 0.5) is 0 Å². The van der Waals surface area contributed by atoms with Gasteiger partial charge in [0.25, 0.3) is 0 Å². The van der Waals surface area contributed by atoms with Crippen LogP contribution in [0.2, 0.25) is 13.1 Å². The molecule has 148 valence electrons. The summed E-state index contributed by atoms with van der Waals surface area (Å²) in [7, 11) is 0. The average molecular weight is 507 g/mol. The molecule has 4 aromatic carbocycles. The zero-order valence-corrected chi connectivity index (χ0v) is 22.5. The number of benzene rings is 2. The normalized spacial score (nSPS) is 9.43. The van der Waals surface area contributed by atoms with Gasteiger partial charge in [0.2, 0.25) is 0 Å². The van der Waals surface area contributed by atoms with Gasteiger partial charge in [-0.15, -0.1) is 39.7 Å². The number of hydrogen-bond donors (Lipinski definition) is 0. The number of halogens is 2. The molecule has 0 nitrogen and oxygen atoms in total. The molecule has 0 aromatic heterocycles. The van der Waals surface area contributed by atoms with Crippen molar-refractivity contribution in [1.29, 1.82) is 0 Å². The summed E-state index contributed by atoms with van der Waals surface area (Å²) in [5.41, 5.74) is 5.96. The van der Waals surface area contributed by atoms with Crippen molar-refractivity contribution in [3.05, 3.63) is 82.9 Å². The molecule has 0 heterocycles. The van der Waals surface area contributed by atoms with E-state index >= 15 is 0 Å². The minimum atomic E-state index is 0. The summed E-state index contributed by atoms with van der Waals surface area (Å²) in [4.78, 5) is 0. The Kier molecular flexibility index (Phi) is 12.5. The first-order valence-electron chi connectivity index (χ1n) is 9.06. The van der Waals surface area contributed by atoms with Crippen molar-refractivity contribution >= 4 is 27.0 Å². The summed E-state index contributed by atoms with van der Waals surface area (Å²) in [5, 5.41) is 5.39. The van der Waals surface area contributed by atoms with Crippen LogP contribution in [0.3, 0.4) is 0 Å². The summed E-state index contributed by atoms with van der Waals surface area (Å²) in [6.45, 7) is 13.3. The van der Waals surface area contributed by atoms with Crippen molar-refractivity contribution in [2.45, 2.75) is 40.8 Å². The fourth-order valence-electron chi connectivity index (χ4n) is 3.04. The smallest absolute Gasteiger partial charge is 0.0630 e. The van der Waals surface area contributed by atoms with Crippen LogP contribution in [-0.2, 0) is 23.3 Å². The molecule has 4 heteroatoms. The number of aryl methyl sites for hydroxylation is 2. The van der Waals surface area contributed by atoms with Gasteiger partial charge in [0.15, 0.2) is 0 Å². The zero-order chi connectivity index (χ0) is 19.3. The Morgan fingerprint density at radius 3 is 1.50 bits per heavy atom. The molecular weight excluding hydrogens is 478 g/mol. The van der Waals surface area contributed by atoms with E-state index in [-0.39, 0.29) is 30.2 Å². The maximum atomic E-state index is 2.31. The molecule has 0 aliphatic heterocycles. The minimum Gasteiger partial charge on any atom is -1.00 e. The molecule has 0 fully saturated rings. The zero-order valence-electron chi connectivity index (χ0n) is 17.5. The third-order valence-corrected chi connectivity index (χ3v) is 4.70. The summed E-state index contributed by atoms with van der Waals surface area (Å²) in [6, 6.07) is 21.5. The van der Waals surface area contributed by atoms with E-state index in [2.05, 4.69) is 101 Å². The Labute approximate surface area is 197 Å². The Balaban J connectivity index is 0.000000432. The first-order valence-corrected chi connectivity index (χ1v) is 15.2. The van der Waals surface area contributed by atoms with Crippen molar-refractivity contribution in [2.24, 2.45) is 0 Å². The van der Waals surface area contributed by atoms with Gasteiger partial charge in [0.05, 0.1) is 0 Å². The van der Waals surface area contributed by atoms with Gasteiger partial charge in [-0.3, -0.25) is 0 Å². The minimum absolute atomic E-state index is 0. The van der Waals surface area contributed by atoms with Crippen molar-refractivity contribution in [1.82, 2.24) is 0 Å². The molecule has 0 saturated carbocycles. The van der Waals surface area contributed by atoms with Gasteiger partial charge >= 0.3 is 41.9 Å². The van der Waals surface area contributed by atoms with Crippen LogP contribution < -0.4 is 24.8 Å². The molecule has 0 unspecified atom stereocenters. The van der Waals surface area contributed by atoms with E-state index in [1.54, 1.807) is 23.3 Å². The second-order valence-electron chi connectivity index (χ2n) is 7.08. The van der Waals surface area contributed by atoms with E-state index in [0.29, 0.717) is 0 Å². The third kappa shape index (κ3) is 7.30. The average Bonchev–Trinajstić information content (AvgIpc) is 3.08. The van der Waals surface area contributed by atoms with Gasteiger partial charge in [-0.2, -0.15) is 28.3 Å². The molecular formula is C24H28Cl2SiZr-2. The molecule has 0 amide bonds. The van der Waals surface area contributed by atoms with Gasteiger partial charge in [-0.05, 0) is 0 Å². The predicted molar refractivity (Wildman–Crippen MR) is 116 cm³/mol. The SMILES string of the molecule is C[Si](C)=[Zr+2].Cc1c[c-](C)c(C)c1C.[Cl-].[Cl-].c1ccc2c(c1)[cH-]c1ccccc12. The van der Waals surface area contributed by atoms with Crippen LogP contribution in [0.5, 0.6) is 0 Å². The molecule has 0 aliphatic rings. The van der Waals surface area contributed by atoms with Crippen LogP contribution in [0.25, 0.3) is 21.5 Å². The van der Waals surface area contributed by atoms with Crippen molar-refractivity contribution in [3.63, 3.8) is 0 Å². The van der Waals surface area contributed by atoms with Crippen LogP contribution in [-0.4, -0.2) is 5.43 Å². The number of hydrogen-bond acceptors (Lipinski definition) is 0. The summed E-state index contributed by atoms with van der Waals surface area (Å²) >= 11 is 1.74. The largest absolute Gasteiger partial charge is 1.00 e. The van der Waals surface area contributed by atoms with E-state index in [0.717, 1.165) is 0 Å². The predicted octanol–water partition coefficient (Wildman–Crippen LogP) is 1.14. The molecule has 0 bridgehead atoms. The second-order valence-corrected chi connectivity index (χ2v) is 16.5. The molecule has 0 N–H and O–H groups in total. The monoisotopic (exact) mass is 504 g/mol. The molecule has 4 aromatic rings. The van der Waals surface area contributed by atoms with Crippen molar-refractivity contribution < 1.29 is 48.1 Å². The molecule has 0 saturated heterocycles. The maximum absolute atomic E-state index is 2.31. The molecule has 4 rings (SSSR count). The topological polar surface area (TPSA) is 0 Å². The fourth-order valence-corrected chi connectivity index (χ4v) is 3.04. The van der Waals surface area contributed by atoms with Crippen LogP contribution in [0.1, 0.15) is 22.3 Å². The van der Waals surface area contributed by atoms with Gasteiger partial charge in [-0.1, -0.05) is 64.1 Å². The van der Waals surface area contributed by atoms with Gasteiger partial charge < -0.3 is 24.8 Å². The quantitative estimate of drug-likeness (QED) is 0.248. The first kappa shape index (κ1) is 27.3. The number of rotatable bonds is 0. The fraction of sp³-hybridized carbons (Fsp3) is 0.250. The first-order chi connectivity index (χ1) is 12.3. The van der Waals surface area contributed by atoms with Crippen molar-refractivity contribution in [2.75, 3.05) is 0 Å². The van der Waals surface area contributed by atoms with Crippen LogP contribution in [0.15, 0.2) is 60.7 Å². The molecule has 28 heavy (non-hydrogen) atoms. The molecule has 0 spiro atoms. The van der Waals surface area contributed by atoms with E-state index in [1.165, 1.54) is 43.8 Å². The van der Waals surface area contributed by atoms with Gasteiger partial charge in [-0.25, -0.2) is 0 Å². The molecule has 0 atom stereocenters. The standard InChI is InChI=1S/C13H9.C9H13.C2H6Si.2ClH.Zr/c1-3-7-12-10(5-1)9-11-6-2-4-8-13(11)12;1-6-5-7(2)9(4)8(6)3;1-3-2;;;/h1-9H;5H,1-4H3;1-2H3;2*1H;/q2*-1;;;;+2/p-2. The molecule has 0 aliphatic carbocycles. The van der Waals surface area contributed by atoms with E-state index in [4.69, 9.17) is 0 Å². The van der Waals surface area contributed by atoms with Crippen molar-refractivity contribution in [3.8, 4) is 0 Å². The van der Waals surface area contributed by atoms with Crippen LogP contribution >= 0.6 is 0 Å². The van der Waals surface area contributed by atoms with Crippen LogP contribution in [0, 0.1) is 27.7 Å². The Morgan fingerprint density at radius 1 is 0.821 bits per heavy atom. The Morgan fingerprint density at radius 2 is 1.21 bits per heavy atom. The van der Waals surface area contributed by atoms with E-state index in [9.17, 15) is 0 Å². The third-order valence-electron chi connectivity index (χ3n) is 4.70. The molecule has 0 radical (unpaired) electrons. The van der Waals surface area contributed by atoms with Gasteiger partial charge in [0.1, 0.15) is 0 Å². The Hall–Kier alpha value is -0.660. The summed E-state index contributed by atoms with van der Waals surface area (Å²) in [5.74, 6) is 0. The number of fused-ring (bicyclic) bond motifs is 3. The van der Waals surface area contributed by atoms with E-state index in [1.807, 2.05) is 0 Å². The summed E-state index contributed by atoms with van der Waals surface area (Å²) in [6.07, 6.45) is 0. The Bertz CT molecular complexity index is 951.